The van der Waals surface area contributed by atoms with E-state index >= 15 is 0 Å². The summed E-state index contributed by atoms with van der Waals surface area (Å²) in [5.41, 5.74) is 2.18. The van der Waals surface area contributed by atoms with Crippen LogP contribution < -0.4 is 14.8 Å². The van der Waals surface area contributed by atoms with Crippen molar-refractivity contribution in [1.29, 1.82) is 0 Å². The van der Waals surface area contributed by atoms with Crippen LogP contribution in [0.5, 0.6) is 11.5 Å². The van der Waals surface area contributed by atoms with E-state index in [2.05, 4.69) is 57.3 Å². The van der Waals surface area contributed by atoms with Crippen LogP contribution in [0.4, 0.5) is 0 Å². The summed E-state index contributed by atoms with van der Waals surface area (Å²) in [6.45, 7) is 9.71. The maximum atomic E-state index is 13.7. The molecule has 3 fully saturated rings. The number of hydrogen-bond donors (Lipinski definition) is 1. The van der Waals surface area contributed by atoms with Crippen LogP contribution in [-0.2, 0) is 4.74 Å². The van der Waals surface area contributed by atoms with Crippen LogP contribution in [0.3, 0.4) is 0 Å². The molecule has 1 aliphatic heterocycles. The molecular formula is C35H43NO4. The van der Waals surface area contributed by atoms with Crippen LogP contribution in [-0.4, -0.2) is 32.3 Å². The highest BCUT2D eigenvalue weighted by molar-refractivity contribution is 5.98. The molecule has 0 spiro atoms. The summed E-state index contributed by atoms with van der Waals surface area (Å²) in [5.74, 6) is 2.69. The maximum absolute atomic E-state index is 13.7. The molecule has 6 rings (SSSR count). The first-order valence-electron chi connectivity index (χ1n) is 14.8. The second-order valence-corrected chi connectivity index (χ2v) is 13.3. The van der Waals surface area contributed by atoms with E-state index in [4.69, 9.17) is 14.2 Å². The van der Waals surface area contributed by atoms with Gasteiger partial charge in [0.25, 0.3) is 5.91 Å². The molecule has 0 aromatic heterocycles. The van der Waals surface area contributed by atoms with E-state index in [1.54, 1.807) is 14.2 Å². The summed E-state index contributed by atoms with van der Waals surface area (Å²) in [6, 6.07) is 20.4. The largest absolute Gasteiger partial charge is 0.497 e. The Morgan fingerprint density at radius 3 is 2.33 bits per heavy atom. The van der Waals surface area contributed by atoms with Crippen molar-refractivity contribution in [3.05, 3.63) is 71.8 Å². The lowest BCUT2D eigenvalue weighted by molar-refractivity contribution is -0.112. The van der Waals surface area contributed by atoms with Crippen molar-refractivity contribution in [2.45, 2.75) is 71.6 Å². The Kier molecular flexibility index (Phi) is 6.85. The first-order chi connectivity index (χ1) is 19.1. The summed E-state index contributed by atoms with van der Waals surface area (Å²) >= 11 is 0. The lowest BCUT2D eigenvalue weighted by atomic mass is 9.45. The molecule has 3 aromatic rings. The molecule has 5 nitrogen and oxygen atoms in total. The van der Waals surface area contributed by atoms with E-state index in [0.29, 0.717) is 11.8 Å². The zero-order valence-electron chi connectivity index (χ0n) is 24.7. The van der Waals surface area contributed by atoms with Crippen molar-refractivity contribution in [1.82, 2.24) is 5.32 Å². The van der Waals surface area contributed by atoms with E-state index in [9.17, 15) is 4.79 Å². The van der Waals surface area contributed by atoms with Crippen molar-refractivity contribution in [2.24, 2.45) is 28.6 Å². The van der Waals surface area contributed by atoms with Gasteiger partial charge in [-0.3, -0.25) is 4.79 Å². The van der Waals surface area contributed by atoms with E-state index in [-0.39, 0.29) is 40.9 Å². The summed E-state index contributed by atoms with van der Waals surface area (Å²) < 4.78 is 17.7. The fourth-order valence-electron chi connectivity index (χ4n) is 8.58. The Balaban J connectivity index is 1.31. The molecule has 0 radical (unpaired) electrons. The van der Waals surface area contributed by atoms with Gasteiger partial charge in [-0.15, -0.1) is 0 Å². The summed E-state index contributed by atoms with van der Waals surface area (Å²) in [4.78, 5) is 13.7. The number of hydrogen-bond acceptors (Lipinski definition) is 4. The van der Waals surface area contributed by atoms with Gasteiger partial charge in [-0.2, -0.15) is 0 Å². The standard InChI is InChI=1S/C35H43NO4/c1-21-28(36-33(37)24-13-12-22-10-7-8-11-23(22)16-24)20-29-34(2,3)14-9-15-35(29,4)30(21)32-31(40-32)25-17-26(38-5)19-27(18-25)39-6/h7-8,10-13,16-19,21,28-32H,9,14-15,20H2,1-6H3,(H,36,37)/t21-,28-,29+,30-,31?,32?,35+/m1/s1. The Bertz CT molecular complexity index is 1390. The minimum Gasteiger partial charge on any atom is -0.497 e. The SMILES string of the molecule is COc1cc(OC)cc(C2OC2[C@H]2[C@H](C)[C@H](NC(=O)c3ccc4ccccc4c3)C[C@H]3C(C)(C)CCC[C@]23C)c1. The van der Waals surface area contributed by atoms with Gasteiger partial charge in [-0.25, -0.2) is 0 Å². The van der Waals surface area contributed by atoms with Gasteiger partial charge in [0.05, 0.1) is 20.3 Å². The van der Waals surface area contributed by atoms with Crippen molar-refractivity contribution < 1.29 is 19.0 Å². The van der Waals surface area contributed by atoms with Gasteiger partial charge in [0.2, 0.25) is 0 Å². The molecule has 212 valence electrons. The second-order valence-electron chi connectivity index (χ2n) is 13.3. The number of ether oxygens (including phenoxy) is 3. The number of nitrogens with one attached hydrogen (secondary N) is 1. The average Bonchev–Trinajstić information content (AvgIpc) is 3.73. The second kappa shape index (κ2) is 10.1. The minimum atomic E-state index is 0.00824. The van der Waals surface area contributed by atoms with Crippen LogP contribution in [0, 0.1) is 28.6 Å². The number of methoxy groups -OCH3 is 2. The third kappa shape index (κ3) is 4.66. The Morgan fingerprint density at radius 1 is 0.925 bits per heavy atom. The number of amides is 1. The van der Waals surface area contributed by atoms with E-state index in [0.717, 1.165) is 39.8 Å². The quantitative estimate of drug-likeness (QED) is 0.327. The molecule has 5 heteroatoms. The van der Waals surface area contributed by atoms with Gasteiger partial charge >= 0.3 is 0 Å². The topological polar surface area (TPSA) is 60.1 Å². The summed E-state index contributed by atoms with van der Waals surface area (Å²) in [5, 5.41) is 5.75. The van der Waals surface area contributed by atoms with Crippen molar-refractivity contribution in [3.63, 3.8) is 0 Å². The first kappa shape index (κ1) is 27.1. The van der Waals surface area contributed by atoms with Gasteiger partial charge < -0.3 is 19.5 Å². The highest BCUT2D eigenvalue weighted by Gasteiger charge is 2.63. The molecule has 1 heterocycles. The van der Waals surface area contributed by atoms with Gasteiger partial charge in [-0.05, 0) is 88.4 Å². The number of carbonyl (C=O) groups is 1. The van der Waals surface area contributed by atoms with Gasteiger partial charge in [0.1, 0.15) is 17.6 Å². The summed E-state index contributed by atoms with van der Waals surface area (Å²) in [7, 11) is 3.37. The van der Waals surface area contributed by atoms with Crippen LogP contribution in [0.1, 0.15) is 75.4 Å². The predicted molar refractivity (Wildman–Crippen MR) is 159 cm³/mol. The Labute approximate surface area is 238 Å². The number of benzene rings is 3. The van der Waals surface area contributed by atoms with Gasteiger partial charge in [-0.1, -0.05) is 64.4 Å². The Hall–Kier alpha value is -3.05. The molecule has 7 atom stereocenters. The molecule has 40 heavy (non-hydrogen) atoms. The lowest BCUT2D eigenvalue weighted by Crippen LogP contribution is -2.60. The molecule has 1 N–H and O–H groups in total. The zero-order valence-corrected chi connectivity index (χ0v) is 24.7. The van der Waals surface area contributed by atoms with E-state index in [1.165, 1.54) is 19.3 Å². The first-order valence-corrected chi connectivity index (χ1v) is 14.8. The van der Waals surface area contributed by atoms with E-state index < -0.39 is 0 Å². The van der Waals surface area contributed by atoms with Crippen molar-refractivity contribution in [3.8, 4) is 11.5 Å². The van der Waals surface area contributed by atoms with Crippen molar-refractivity contribution >= 4 is 16.7 Å². The highest BCUT2D eigenvalue weighted by Crippen LogP contribution is 2.65. The molecule has 0 bridgehead atoms. The fraction of sp³-hybridized carbons (Fsp3) is 0.514. The molecule has 2 saturated carbocycles. The molecule has 1 saturated heterocycles. The van der Waals surface area contributed by atoms with Gasteiger partial charge in [0.15, 0.2) is 0 Å². The molecule has 3 aliphatic rings. The molecule has 3 aromatic carbocycles. The van der Waals surface area contributed by atoms with Crippen LogP contribution in [0.15, 0.2) is 60.7 Å². The lowest BCUT2D eigenvalue weighted by Gasteiger charge is -2.60. The van der Waals surface area contributed by atoms with Crippen LogP contribution >= 0.6 is 0 Å². The van der Waals surface area contributed by atoms with Crippen molar-refractivity contribution in [2.75, 3.05) is 14.2 Å². The molecular weight excluding hydrogens is 498 g/mol. The number of fused-ring (bicyclic) bond motifs is 2. The molecule has 2 aliphatic carbocycles. The minimum absolute atomic E-state index is 0.00824. The highest BCUT2D eigenvalue weighted by atomic mass is 16.6. The molecule has 1 amide bonds. The molecule has 2 unspecified atom stereocenters. The van der Waals surface area contributed by atoms with E-state index in [1.807, 2.05) is 36.4 Å². The third-order valence-electron chi connectivity index (χ3n) is 10.6. The zero-order chi connectivity index (χ0) is 28.2. The maximum Gasteiger partial charge on any atom is 0.251 e. The van der Waals surface area contributed by atoms with Crippen LogP contribution in [0.2, 0.25) is 0 Å². The predicted octanol–water partition coefficient (Wildman–Crippen LogP) is 7.58. The number of epoxide rings is 1. The normalized spacial score (nSPS) is 32.6. The third-order valence-corrected chi connectivity index (χ3v) is 10.6. The van der Waals surface area contributed by atoms with Gasteiger partial charge in [0, 0.05) is 17.7 Å². The fourth-order valence-corrected chi connectivity index (χ4v) is 8.58. The summed E-state index contributed by atoms with van der Waals surface area (Å²) in [6.07, 6.45) is 4.78. The number of carbonyl (C=O) groups excluding carboxylic acids is 1. The Morgan fingerprint density at radius 2 is 1.62 bits per heavy atom. The smallest absolute Gasteiger partial charge is 0.251 e. The average molecular weight is 542 g/mol. The monoisotopic (exact) mass is 541 g/mol. The number of rotatable bonds is 6. The van der Waals surface area contributed by atoms with Crippen LogP contribution in [0.25, 0.3) is 10.8 Å².